The topological polar surface area (TPSA) is 81.1 Å². The van der Waals surface area contributed by atoms with Gasteiger partial charge < -0.3 is 16.8 Å². The standard InChI is InChI=1S/C10H13N3O/c1-5-2-6-3-8(11)9(12)4-7(6)10(14)13-5/h3-5H,2,11-12H2,1H3,(H,13,14). The molecule has 1 unspecified atom stereocenters. The van der Waals surface area contributed by atoms with Crippen LogP contribution in [0.15, 0.2) is 12.1 Å². The van der Waals surface area contributed by atoms with Crippen LogP contribution in [0.3, 0.4) is 0 Å². The molecular formula is C10H13N3O. The highest BCUT2D eigenvalue weighted by molar-refractivity contribution is 5.98. The molecular weight excluding hydrogens is 178 g/mol. The van der Waals surface area contributed by atoms with E-state index in [9.17, 15) is 4.79 Å². The smallest absolute Gasteiger partial charge is 0.251 e. The molecule has 4 nitrogen and oxygen atoms in total. The van der Waals surface area contributed by atoms with Crippen molar-refractivity contribution in [2.24, 2.45) is 0 Å². The quantitative estimate of drug-likeness (QED) is 0.523. The van der Waals surface area contributed by atoms with Gasteiger partial charge in [0.1, 0.15) is 0 Å². The predicted octanol–water partition coefficient (Wildman–Crippen LogP) is 0.525. The van der Waals surface area contributed by atoms with Gasteiger partial charge in [0.15, 0.2) is 0 Å². The summed E-state index contributed by atoms with van der Waals surface area (Å²) < 4.78 is 0. The minimum atomic E-state index is -0.0644. The third-order valence-electron chi connectivity index (χ3n) is 2.46. The molecule has 1 aromatic carbocycles. The molecule has 0 saturated carbocycles. The summed E-state index contributed by atoms with van der Waals surface area (Å²) in [5.74, 6) is -0.0644. The molecule has 0 aliphatic carbocycles. The molecule has 1 amide bonds. The Morgan fingerprint density at radius 1 is 1.36 bits per heavy atom. The van der Waals surface area contributed by atoms with E-state index in [0.717, 1.165) is 12.0 Å². The Morgan fingerprint density at radius 3 is 2.71 bits per heavy atom. The largest absolute Gasteiger partial charge is 0.397 e. The minimum Gasteiger partial charge on any atom is -0.397 e. The van der Waals surface area contributed by atoms with Crippen LogP contribution in [0.25, 0.3) is 0 Å². The lowest BCUT2D eigenvalue weighted by molar-refractivity contribution is 0.0929. The van der Waals surface area contributed by atoms with Crippen molar-refractivity contribution in [1.82, 2.24) is 5.32 Å². The van der Waals surface area contributed by atoms with Crippen molar-refractivity contribution in [3.05, 3.63) is 23.3 Å². The van der Waals surface area contributed by atoms with Gasteiger partial charge in [0.2, 0.25) is 0 Å². The summed E-state index contributed by atoms with van der Waals surface area (Å²) in [4.78, 5) is 11.6. The second-order valence-corrected chi connectivity index (χ2v) is 3.72. The zero-order chi connectivity index (χ0) is 10.3. The highest BCUT2D eigenvalue weighted by Gasteiger charge is 2.21. The van der Waals surface area contributed by atoms with Gasteiger partial charge in [-0.25, -0.2) is 0 Å². The number of benzene rings is 1. The van der Waals surface area contributed by atoms with Crippen LogP contribution in [0.4, 0.5) is 11.4 Å². The summed E-state index contributed by atoms with van der Waals surface area (Å²) in [7, 11) is 0. The molecule has 1 aliphatic heterocycles. The van der Waals surface area contributed by atoms with E-state index < -0.39 is 0 Å². The summed E-state index contributed by atoms with van der Waals surface area (Å²) in [6.45, 7) is 1.97. The van der Waals surface area contributed by atoms with Crippen molar-refractivity contribution in [1.29, 1.82) is 0 Å². The average Bonchev–Trinajstić information content (AvgIpc) is 2.08. The Hall–Kier alpha value is -1.71. The fourth-order valence-corrected chi connectivity index (χ4v) is 1.74. The van der Waals surface area contributed by atoms with Crippen molar-refractivity contribution in [2.75, 3.05) is 11.5 Å². The molecule has 1 aromatic rings. The van der Waals surface area contributed by atoms with Crippen LogP contribution in [0.5, 0.6) is 0 Å². The van der Waals surface area contributed by atoms with Gasteiger partial charge >= 0.3 is 0 Å². The zero-order valence-corrected chi connectivity index (χ0v) is 8.00. The van der Waals surface area contributed by atoms with Gasteiger partial charge in [-0.05, 0) is 31.0 Å². The Bertz CT molecular complexity index is 401. The molecule has 0 radical (unpaired) electrons. The Morgan fingerprint density at radius 2 is 2.00 bits per heavy atom. The second-order valence-electron chi connectivity index (χ2n) is 3.72. The molecule has 5 N–H and O–H groups in total. The van der Waals surface area contributed by atoms with Crippen LogP contribution in [0.2, 0.25) is 0 Å². The van der Waals surface area contributed by atoms with Crippen LogP contribution in [0.1, 0.15) is 22.8 Å². The first-order valence-electron chi connectivity index (χ1n) is 4.56. The number of rotatable bonds is 0. The van der Waals surface area contributed by atoms with E-state index in [-0.39, 0.29) is 11.9 Å². The summed E-state index contributed by atoms with van der Waals surface area (Å²) >= 11 is 0. The molecule has 0 spiro atoms. The Kier molecular flexibility index (Phi) is 1.84. The highest BCUT2D eigenvalue weighted by atomic mass is 16.1. The van der Waals surface area contributed by atoms with Gasteiger partial charge in [0.25, 0.3) is 5.91 Å². The normalized spacial score (nSPS) is 20.1. The highest BCUT2D eigenvalue weighted by Crippen LogP contribution is 2.24. The molecule has 1 heterocycles. The molecule has 1 aliphatic rings. The summed E-state index contributed by atoms with van der Waals surface area (Å²) in [6, 6.07) is 3.60. The lowest BCUT2D eigenvalue weighted by atomic mass is 9.95. The fourth-order valence-electron chi connectivity index (χ4n) is 1.74. The first-order chi connectivity index (χ1) is 6.58. The molecule has 0 bridgehead atoms. The number of fused-ring (bicyclic) bond motifs is 1. The Balaban J connectivity index is 2.55. The maximum Gasteiger partial charge on any atom is 0.251 e. The van der Waals surface area contributed by atoms with E-state index in [1.54, 1.807) is 12.1 Å². The van der Waals surface area contributed by atoms with Crippen LogP contribution >= 0.6 is 0 Å². The lowest BCUT2D eigenvalue weighted by Crippen LogP contribution is -2.39. The molecule has 74 valence electrons. The van der Waals surface area contributed by atoms with Gasteiger partial charge in [-0.2, -0.15) is 0 Å². The van der Waals surface area contributed by atoms with E-state index in [0.29, 0.717) is 16.9 Å². The SMILES string of the molecule is CC1Cc2cc(N)c(N)cc2C(=O)N1. The lowest BCUT2D eigenvalue weighted by Gasteiger charge is -2.23. The number of anilines is 2. The van der Waals surface area contributed by atoms with Crippen molar-refractivity contribution >= 4 is 17.3 Å². The molecule has 0 saturated heterocycles. The number of nitrogens with one attached hydrogen (secondary N) is 1. The molecule has 2 rings (SSSR count). The summed E-state index contributed by atoms with van der Waals surface area (Å²) in [5, 5.41) is 2.85. The maximum absolute atomic E-state index is 11.6. The van der Waals surface area contributed by atoms with Crippen molar-refractivity contribution in [3.8, 4) is 0 Å². The first kappa shape index (κ1) is 8.87. The summed E-state index contributed by atoms with van der Waals surface area (Å²) in [6.07, 6.45) is 0.811. The van der Waals surface area contributed by atoms with E-state index >= 15 is 0 Å². The average molecular weight is 191 g/mol. The third-order valence-corrected chi connectivity index (χ3v) is 2.46. The van der Waals surface area contributed by atoms with Crippen molar-refractivity contribution in [3.63, 3.8) is 0 Å². The van der Waals surface area contributed by atoms with E-state index in [1.165, 1.54) is 0 Å². The molecule has 1 atom stereocenters. The van der Waals surface area contributed by atoms with Gasteiger partial charge in [-0.3, -0.25) is 4.79 Å². The molecule has 14 heavy (non-hydrogen) atoms. The van der Waals surface area contributed by atoms with Gasteiger partial charge in [0, 0.05) is 11.6 Å². The predicted molar refractivity (Wildman–Crippen MR) is 55.9 cm³/mol. The van der Waals surface area contributed by atoms with Crippen molar-refractivity contribution in [2.45, 2.75) is 19.4 Å². The number of nitrogens with two attached hydrogens (primary N) is 2. The fraction of sp³-hybridized carbons (Fsp3) is 0.300. The first-order valence-corrected chi connectivity index (χ1v) is 4.56. The van der Waals surface area contributed by atoms with Crippen LogP contribution in [-0.4, -0.2) is 11.9 Å². The van der Waals surface area contributed by atoms with Crippen LogP contribution in [-0.2, 0) is 6.42 Å². The molecule has 4 heteroatoms. The summed E-state index contributed by atoms with van der Waals surface area (Å²) in [5.41, 5.74) is 14.0. The molecule has 0 aromatic heterocycles. The van der Waals surface area contributed by atoms with E-state index in [1.807, 2.05) is 6.92 Å². The van der Waals surface area contributed by atoms with Crippen LogP contribution in [0, 0.1) is 0 Å². The third kappa shape index (κ3) is 1.28. The number of nitrogen functional groups attached to an aromatic ring is 2. The minimum absolute atomic E-state index is 0.0644. The number of amides is 1. The van der Waals surface area contributed by atoms with E-state index in [2.05, 4.69) is 5.32 Å². The van der Waals surface area contributed by atoms with Gasteiger partial charge in [-0.15, -0.1) is 0 Å². The number of carbonyl (C=O) groups excluding carboxylic acids is 1. The number of hydrogen-bond donors (Lipinski definition) is 3. The maximum atomic E-state index is 11.6. The number of carbonyl (C=O) groups is 1. The van der Waals surface area contributed by atoms with Gasteiger partial charge in [0.05, 0.1) is 11.4 Å². The van der Waals surface area contributed by atoms with Gasteiger partial charge in [-0.1, -0.05) is 0 Å². The van der Waals surface area contributed by atoms with Crippen molar-refractivity contribution < 1.29 is 4.79 Å². The monoisotopic (exact) mass is 191 g/mol. The number of hydrogen-bond acceptors (Lipinski definition) is 3. The molecule has 0 fully saturated rings. The Labute approximate surface area is 82.3 Å². The van der Waals surface area contributed by atoms with Crippen LogP contribution < -0.4 is 16.8 Å². The van der Waals surface area contributed by atoms with E-state index in [4.69, 9.17) is 11.5 Å². The zero-order valence-electron chi connectivity index (χ0n) is 8.00. The second kappa shape index (κ2) is 2.90.